The highest BCUT2D eigenvalue weighted by Gasteiger charge is 2.16. The summed E-state index contributed by atoms with van der Waals surface area (Å²) in [4.78, 5) is 16.7. The fraction of sp³-hybridized carbons (Fsp3) is 0.125. The van der Waals surface area contributed by atoms with Gasteiger partial charge < -0.3 is 4.74 Å². The van der Waals surface area contributed by atoms with Crippen molar-refractivity contribution >= 4 is 22.4 Å². The maximum atomic E-state index is 13.5. The topological polar surface area (TPSA) is 77.0 Å². The standard InChI is InChI=1S/C16H13FN4O2S/c1-9-6-12(10-4-3-5-11(17)7-10)13(8-18-9)14(22)19-15-20-21-16(23-2)24-15/h3-8H,1-2H3,(H,19,20,22). The predicted molar refractivity (Wildman–Crippen MR) is 88.8 cm³/mol. The first-order chi connectivity index (χ1) is 11.6. The van der Waals surface area contributed by atoms with Crippen LogP contribution in [-0.2, 0) is 0 Å². The minimum atomic E-state index is -0.402. The molecular formula is C16H13FN4O2S. The maximum Gasteiger partial charge on any atom is 0.295 e. The number of carbonyl (C=O) groups is 1. The molecule has 0 atom stereocenters. The van der Waals surface area contributed by atoms with E-state index in [-0.39, 0.29) is 5.82 Å². The number of hydrogen-bond acceptors (Lipinski definition) is 6. The van der Waals surface area contributed by atoms with Crippen molar-refractivity contribution in [3.63, 3.8) is 0 Å². The Hall–Kier alpha value is -2.87. The van der Waals surface area contributed by atoms with Crippen molar-refractivity contribution < 1.29 is 13.9 Å². The normalized spacial score (nSPS) is 10.5. The van der Waals surface area contributed by atoms with E-state index in [9.17, 15) is 9.18 Å². The van der Waals surface area contributed by atoms with E-state index in [4.69, 9.17) is 4.74 Å². The molecule has 0 saturated heterocycles. The number of aromatic nitrogens is 3. The largest absolute Gasteiger partial charge is 0.472 e. The number of amides is 1. The SMILES string of the molecule is COc1nnc(NC(=O)c2cnc(C)cc2-c2cccc(F)c2)s1. The second-order valence-corrected chi connectivity index (χ2v) is 5.85. The highest BCUT2D eigenvalue weighted by molar-refractivity contribution is 7.17. The number of benzene rings is 1. The molecule has 0 saturated carbocycles. The van der Waals surface area contributed by atoms with Crippen molar-refractivity contribution in [1.82, 2.24) is 15.2 Å². The minimum absolute atomic E-state index is 0.308. The molecule has 0 fully saturated rings. The van der Waals surface area contributed by atoms with E-state index in [1.165, 1.54) is 25.4 Å². The van der Waals surface area contributed by atoms with Crippen LogP contribution in [0.4, 0.5) is 9.52 Å². The highest BCUT2D eigenvalue weighted by atomic mass is 32.1. The molecule has 0 aliphatic rings. The average Bonchev–Trinajstić information content (AvgIpc) is 3.02. The molecule has 3 rings (SSSR count). The number of pyridine rings is 1. The Morgan fingerprint density at radius 2 is 2.12 bits per heavy atom. The zero-order valence-corrected chi connectivity index (χ0v) is 13.7. The number of nitrogens with zero attached hydrogens (tertiary/aromatic N) is 3. The Morgan fingerprint density at radius 3 is 2.83 bits per heavy atom. The molecule has 3 aromatic rings. The van der Waals surface area contributed by atoms with Crippen LogP contribution in [-0.4, -0.2) is 28.2 Å². The smallest absolute Gasteiger partial charge is 0.295 e. The van der Waals surface area contributed by atoms with Gasteiger partial charge >= 0.3 is 0 Å². The van der Waals surface area contributed by atoms with Gasteiger partial charge in [-0.1, -0.05) is 17.2 Å². The van der Waals surface area contributed by atoms with Crippen molar-refractivity contribution in [2.24, 2.45) is 0 Å². The summed E-state index contributed by atoms with van der Waals surface area (Å²) in [7, 11) is 1.47. The van der Waals surface area contributed by atoms with Crippen LogP contribution in [0.2, 0.25) is 0 Å². The fourth-order valence-corrected chi connectivity index (χ4v) is 2.70. The average molecular weight is 344 g/mol. The van der Waals surface area contributed by atoms with Crippen molar-refractivity contribution in [3.8, 4) is 16.3 Å². The summed E-state index contributed by atoms with van der Waals surface area (Å²) in [6.07, 6.45) is 1.46. The van der Waals surface area contributed by atoms with E-state index in [1.54, 1.807) is 25.1 Å². The number of aryl methyl sites for hydroxylation is 1. The lowest BCUT2D eigenvalue weighted by atomic mass is 10.00. The van der Waals surface area contributed by atoms with E-state index in [1.807, 2.05) is 0 Å². The van der Waals surface area contributed by atoms with Gasteiger partial charge in [0, 0.05) is 11.9 Å². The molecular weight excluding hydrogens is 331 g/mol. The number of methoxy groups -OCH3 is 1. The van der Waals surface area contributed by atoms with Crippen molar-refractivity contribution in [2.75, 3.05) is 12.4 Å². The molecule has 2 aromatic heterocycles. The predicted octanol–water partition coefficient (Wildman–Crippen LogP) is 3.31. The Bertz CT molecular complexity index is 897. The lowest BCUT2D eigenvalue weighted by Gasteiger charge is -2.10. The Kier molecular flexibility index (Phi) is 4.48. The van der Waals surface area contributed by atoms with E-state index in [0.29, 0.717) is 27.0 Å². The molecule has 1 N–H and O–H groups in total. The molecule has 0 unspecified atom stereocenters. The molecule has 6 nitrogen and oxygen atoms in total. The number of nitrogens with one attached hydrogen (secondary N) is 1. The van der Waals surface area contributed by atoms with Gasteiger partial charge in [0.25, 0.3) is 11.1 Å². The van der Waals surface area contributed by atoms with Crippen molar-refractivity contribution in [3.05, 3.63) is 53.6 Å². The summed E-state index contributed by atoms with van der Waals surface area (Å²) in [5.41, 5.74) is 2.24. The van der Waals surface area contributed by atoms with Crippen LogP contribution in [0, 0.1) is 12.7 Å². The Balaban J connectivity index is 1.96. The first-order valence-electron chi connectivity index (χ1n) is 6.98. The summed E-state index contributed by atoms with van der Waals surface area (Å²) in [6.45, 7) is 1.81. The highest BCUT2D eigenvalue weighted by Crippen LogP contribution is 2.27. The Morgan fingerprint density at radius 1 is 1.29 bits per heavy atom. The summed E-state index contributed by atoms with van der Waals surface area (Å²) < 4.78 is 18.5. The third kappa shape index (κ3) is 3.38. The zero-order valence-electron chi connectivity index (χ0n) is 12.9. The van der Waals surface area contributed by atoms with Gasteiger partial charge in [0.2, 0.25) is 5.13 Å². The van der Waals surface area contributed by atoms with Gasteiger partial charge in [-0.3, -0.25) is 15.1 Å². The number of carbonyl (C=O) groups excluding carboxylic acids is 1. The summed E-state index contributed by atoms with van der Waals surface area (Å²) in [5.74, 6) is -0.775. The third-order valence-electron chi connectivity index (χ3n) is 3.22. The number of hydrogen-bond donors (Lipinski definition) is 1. The fourth-order valence-electron chi connectivity index (χ4n) is 2.14. The molecule has 0 aliphatic heterocycles. The van der Waals surface area contributed by atoms with Crippen molar-refractivity contribution in [2.45, 2.75) is 6.92 Å². The van der Waals surface area contributed by atoms with Gasteiger partial charge in [0.1, 0.15) is 5.82 Å². The van der Waals surface area contributed by atoms with Gasteiger partial charge in [-0.25, -0.2) is 4.39 Å². The summed E-state index contributed by atoms with van der Waals surface area (Å²) in [5, 5.41) is 10.9. The minimum Gasteiger partial charge on any atom is -0.472 e. The van der Waals surface area contributed by atoms with Crippen LogP contribution < -0.4 is 10.1 Å². The van der Waals surface area contributed by atoms with Gasteiger partial charge in [0.05, 0.1) is 12.7 Å². The molecule has 122 valence electrons. The molecule has 1 aromatic carbocycles. The number of rotatable bonds is 4. The van der Waals surface area contributed by atoms with E-state index < -0.39 is 5.91 Å². The van der Waals surface area contributed by atoms with E-state index in [0.717, 1.165) is 17.0 Å². The monoisotopic (exact) mass is 344 g/mol. The quantitative estimate of drug-likeness (QED) is 0.786. The lowest BCUT2D eigenvalue weighted by molar-refractivity contribution is 0.102. The van der Waals surface area contributed by atoms with Crippen LogP contribution in [0.25, 0.3) is 11.1 Å². The van der Waals surface area contributed by atoms with Crippen LogP contribution in [0.5, 0.6) is 5.19 Å². The second-order valence-electron chi connectivity index (χ2n) is 4.91. The molecule has 0 spiro atoms. The van der Waals surface area contributed by atoms with Gasteiger partial charge in [0.15, 0.2) is 0 Å². The Labute approximate surface area is 141 Å². The van der Waals surface area contributed by atoms with Crippen LogP contribution >= 0.6 is 11.3 Å². The first-order valence-corrected chi connectivity index (χ1v) is 7.80. The summed E-state index contributed by atoms with van der Waals surface area (Å²) in [6, 6.07) is 7.80. The van der Waals surface area contributed by atoms with E-state index >= 15 is 0 Å². The number of ether oxygens (including phenoxy) is 1. The molecule has 2 heterocycles. The molecule has 8 heteroatoms. The van der Waals surface area contributed by atoms with Crippen LogP contribution in [0.1, 0.15) is 16.1 Å². The van der Waals surface area contributed by atoms with Gasteiger partial charge in [-0.15, -0.1) is 5.10 Å². The summed E-state index contributed by atoms with van der Waals surface area (Å²) >= 11 is 1.11. The lowest BCUT2D eigenvalue weighted by Crippen LogP contribution is -2.13. The van der Waals surface area contributed by atoms with E-state index in [2.05, 4.69) is 20.5 Å². The molecule has 0 aliphatic carbocycles. The molecule has 1 amide bonds. The molecule has 0 bridgehead atoms. The second kappa shape index (κ2) is 6.71. The molecule has 24 heavy (non-hydrogen) atoms. The van der Waals surface area contributed by atoms with Crippen LogP contribution in [0.3, 0.4) is 0 Å². The zero-order chi connectivity index (χ0) is 17.1. The number of anilines is 1. The maximum absolute atomic E-state index is 13.5. The molecule has 0 radical (unpaired) electrons. The van der Waals surface area contributed by atoms with Gasteiger partial charge in [-0.2, -0.15) is 0 Å². The third-order valence-corrected chi connectivity index (χ3v) is 4.02. The van der Waals surface area contributed by atoms with Crippen molar-refractivity contribution in [1.29, 1.82) is 0 Å². The van der Waals surface area contributed by atoms with Crippen LogP contribution in [0.15, 0.2) is 36.5 Å². The first kappa shape index (κ1) is 16.0. The van der Waals surface area contributed by atoms with Gasteiger partial charge in [-0.05, 0) is 47.6 Å². The number of halogens is 1.